The molecule has 2 amide bonds. The van der Waals surface area contributed by atoms with Gasteiger partial charge >= 0.3 is 6.03 Å². The van der Waals surface area contributed by atoms with Crippen LogP contribution in [0.4, 0.5) is 4.79 Å². The van der Waals surface area contributed by atoms with Gasteiger partial charge in [-0.3, -0.25) is 4.57 Å². The maximum absolute atomic E-state index is 12.1. The molecule has 4 rings (SSSR count). The molecule has 0 radical (unpaired) electrons. The molecule has 4 aromatic rings. The van der Waals surface area contributed by atoms with Crippen molar-refractivity contribution in [3.8, 4) is 5.69 Å². The largest absolute Gasteiger partial charge is 0.338 e. The van der Waals surface area contributed by atoms with Gasteiger partial charge in [-0.2, -0.15) is 0 Å². The third-order valence-electron chi connectivity index (χ3n) is 6.03. The van der Waals surface area contributed by atoms with Crippen molar-refractivity contribution >= 4 is 17.2 Å². The number of hydrogen-bond donors (Lipinski definition) is 2. The predicted molar refractivity (Wildman–Crippen MR) is 138 cm³/mol. The first-order valence-corrected chi connectivity index (χ1v) is 12.0. The Kier molecular flexibility index (Phi) is 7.26. The number of pyridine rings is 1. The highest BCUT2D eigenvalue weighted by atomic mass is 16.2. The maximum atomic E-state index is 12.1. The van der Waals surface area contributed by atoms with E-state index >= 15 is 0 Å². The number of fused-ring (bicyclic) bond motifs is 1. The summed E-state index contributed by atoms with van der Waals surface area (Å²) in [6.45, 7) is 9.50. The summed E-state index contributed by atoms with van der Waals surface area (Å²) in [5.74, 6) is 1.01. The van der Waals surface area contributed by atoms with Crippen LogP contribution in [0, 0.1) is 20.8 Å². The van der Waals surface area contributed by atoms with Gasteiger partial charge in [-0.05, 0) is 68.5 Å². The van der Waals surface area contributed by atoms with Crippen molar-refractivity contribution in [1.29, 1.82) is 0 Å². The smallest absolute Gasteiger partial charge is 0.314 e. The molecule has 0 unspecified atom stereocenters. The van der Waals surface area contributed by atoms with Crippen LogP contribution in [0.5, 0.6) is 0 Å². The third-order valence-corrected chi connectivity index (χ3v) is 6.03. The van der Waals surface area contributed by atoms with E-state index in [2.05, 4.69) is 90.6 Å². The highest BCUT2D eigenvalue weighted by molar-refractivity contribution is 5.78. The molecule has 2 N–H and O–H groups in total. The monoisotopic (exact) mass is 455 g/mol. The Labute approximate surface area is 201 Å². The van der Waals surface area contributed by atoms with E-state index in [0.717, 1.165) is 53.2 Å². The lowest BCUT2D eigenvalue weighted by Gasteiger charge is -2.10. The van der Waals surface area contributed by atoms with Gasteiger partial charge in [0.15, 0.2) is 5.65 Å². The van der Waals surface area contributed by atoms with Gasteiger partial charge in [-0.1, -0.05) is 48.9 Å². The second-order valence-corrected chi connectivity index (χ2v) is 8.80. The van der Waals surface area contributed by atoms with Gasteiger partial charge in [0, 0.05) is 30.9 Å². The average molecular weight is 456 g/mol. The van der Waals surface area contributed by atoms with Crippen LogP contribution in [0.2, 0.25) is 0 Å². The van der Waals surface area contributed by atoms with Crippen molar-refractivity contribution in [3.05, 3.63) is 88.4 Å². The molecular weight excluding hydrogens is 422 g/mol. The minimum Gasteiger partial charge on any atom is -0.338 e. The number of carbonyl (C=O) groups is 1. The standard InChI is InChI=1S/C28H33N5O/c1-5-25-32-26-20(3)18-21(4)31-27(26)33(25)24-12-10-23(11-13-24)15-17-30-28(34)29-16-14-22-8-6-19(2)7-9-22/h6-13,18H,5,14-17H2,1-4H3,(H2,29,30,34). The third kappa shape index (κ3) is 5.45. The molecule has 6 nitrogen and oxygen atoms in total. The van der Waals surface area contributed by atoms with Gasteiger partial charge in [0.25, 0.3) is 0 Å². The first-order chi connectivity index (χ1) is 16.4. The summed E-state index contributed by atoms with van der Waals surface area (Å²) in [5, 5.41) is 5.88. The number of urea groups is 1. The van der Waals surface area contributed by atoms with Crippen LogP contribution < -0.4 is 10.6 Å². The first-order valence-electron chi connectivity index (χ1n) is 12.0. The van der Waals surface area contributed by atoms with Gasteiger partial charge in [0.05, 0.1) is 0 Å². The normalized spacial score (nSPS) is 11.1. The van der Waals surface area contributed by atoms with E-state index in [4.69, 9.17) is 9.97 Å². The van der Waals surface area contributed by atoms with Crippen molar-refractivity contribution in [3.63, 3.8) is 0 Å². The summed E-state index contributed by atoms with van der Waals surface area (Å²) in [5.41, 5.74) is 8.71. The lowest BCUT2D eigenvalue weighted by atomic mass is 10.1. The Morgan fingerprint density at radius 2 is 1.44 bits per heavy atom. The summed E-state index contributed by atoms with van der Waals surface area (Å²) in [4.78, 5) is 21.7. The molecule has 0 saturated heterocycles. The molecule has 176 valence electrons. The second-order valence-electron chi connectivity index (χ2n) is 8.80. The van der Waals surface area contributed by atoms with Crippen LogP contribution in [0.3, 0.4) is 0 Å². The van der Waals surface area contributed by atoms with E-state index < -0.39 is 0 Å². The molecule has 0 aliphatic heterocycles. The fourth-order valence-corrected chi connectivity index (χ4v) is 4.18. The van der Waals surface area contributed by atoms with Crippen molar-refractivity contribution in [2.45, 2.75) is 47.0 Å². The van der Waals surface area contributed by atoms with Crippen molar-refractivity contribution in [2.24, 2.45) is 0 Å². The molecule has 0 bridgehead atoms. The van der Waals surface area contributed by atoms with Crippen LogP contribution >= 0.6 is 0 Å². The van der Waals surface area contributed by atoms with Crippen LogP contribution in [0.15, 0.2) is 54.6 Å². The summed E-state index contributed by atoms with van der Waals surface area (Å²) < 4.78 is 2.15. The number of hydrogen-bond acceptors (Lipinski definition) is 3. The zero-order chi connectivity index (χ0) is 24.1. The number of amides is 2. The van der Waals surface area contributed by atoms with E-state index in [9.17, 15) is 4.79 Å². The molecule has 6 heteroatoms. The number of benzene rings is 2. The number of aryl methyl sites for hydroxylation is 4. The number of rotatable bonds is 8. The van der Waals surface area contributed by atoms with Crippen molar-refractivity contribution in [2.75, 3.05) is 13.1 Å². The zero-order valence-electron chi connectivity index (χ0n) is 20.5. The van der Waals surface area contributed by atoms with Crippen LogP contribution in [0.1, 0.15) is 40.7 Å². The number of carbonyl (C=O) groups excluding carboxylic acids is 1. The van der Waals surface area contributed by atoms with E-state index in [0.29, 0.717) is 13.1 Å². The SMILES string of the molecule is CCc1nc2c(C)cc(C)nc2n1-c1ccc(CCNC(=O)NCCc2ccc(C)cc2)cc1. The fourth-order valence-electron chi connectivity index (χ4n) is 4.18. The van der Waals surface area contributed by atoms with Crippen LogP contribution in [0.25, 0.3) is 16.9 Å². The molecule has 34 heavy (non-hydrogen) atoms. The highest BCUT2D eigenvalue weighted by Crippen LogP contribution is 2.24. The van der Waals surface area contributed by atoms with Gasteiger partial charge < -0.3 is 10.6 Å². The zero-order valence-corrected chi connectivity index (χ0v) is 20.5. The fraction of sp³-hybridized carbons (Fsp3) is 0.321. The van der Waals surface area contributed by atoms with Gasteiger partial charge in [-0.15, -0.1) is 0 Å². The van der Waals surface area contributed by atoms with Gasteiger partial charge in [-0.25, -0.2) is 14.8 Å². The topological polar surface area (TPSA) is 71.8 Å². The Morgan fingerprint density at radius 1 is 0.853 bits per heavy atom. The van der Waals surface area contributed by atoms with E-state index in [1.165, 1.54) is 16.7 Å². The molecule has 0 saturated carbocycles. The molecule has 0 atom stereocenters. The molecule has 2 heterocycles. The van der Waals surface area contributed by atoms with E-state index in [1.54, 1.807) is 0 Å². The molecule has 0 aliphatic carbocycles. The number of nitrogens with zero attached hydrogens (tertiary/aromatic N) is 3. The highest BCUT2D eigenvalue weighted by Gasteiger charge is 2.14. The first kappa shape index (κ1) is 23.5. The maximum Gasteiger partial charge on any atom is 0.314 e. The molecule has 0 aliphatic rings. The van der Waals surface area contributed by atoms with Crippen LogP contribution in [-0.2, 0) is 19.3 Å². The number of aromatic nitrogens is 3. The van der Waals surface area contributed by atoms with Crippen molar-refractivity contribution < 1.29 is 4.79 Å². The van der Waals surface area contributed by atoms with Crippen molar-refractivity contribution in [1.82, 2.24) is 25.2 Å². The Bertz CT molecular complexity index is 1270. The summed E-state index contributed by atoms with van der Waals surface area (Å²) in [7, 11) is 0. The summed E-state index contributed by atoms with van der Waals surface area (Å²) >= 11 is 0. The molecule has 0 spiro atoms. The minimum absolute atomic E-state index is 0.127. The Balaban J connectivity index is 1.32. The average Bonchev–Trinajstić information content (AvgIpc) is 3.20. The molecule has 2 aromatic carbocycles. The van der Waals surface area contributed by atoms with E-state index in [1.807, 2.05) is 6.92 Å². The lowest BCUT2D eigenvalue weighted by Crippen LogP contribution is -2.37. The summed E-state index contributed by atoms with van der Waals surface area (Å²) in [6.07, 6.45) is 2.43. The number of imidazole rings is 1. The Morgan fingerprint density at radius 3 is 2.03 bits per heavy atom. The van der Waals surface area contributed by atoms with Crippen LogP contribution in [-0.4, -0.2) is 33.7 Å². The minimum atomic E-state index is -0.127. The predicted octanol–water partition coefficient (Wildman–Crippen LogP) is 4.99. The molecule has 2 aromatic heterocycles. The molecular formula is C28H33N5O. The lowest BCUT2D eigenvalue weighted by molar-refractivity contribution is 0.241. The Hall–Kier alpha value is -3.67. The van der Waals surface area contributed by atoms with Gasteiger partial charge in [0.2, 0.25) is 0 Å². The summed E-state index contributed by atoms with van der Waals surface area (Å²) in [6, 6.07) is 18.8. The van der Waals surface area contributed by atoms with E-state index in [-0.39, 0.29) is 6.03 Å². The number of nitrogens with one attached hydrogen (secondary N) is 2. The second kappa shape index (κ2) is 10.5. The molecule has 0 fully saturated rings. The van der Waals surface area contributed by atoms with Gasteiger partial charge in [0.1, 0.15) is 11.3 Å². The quantitative estimate of drug-likeness (QED) is 0.393.